The van der Waals surface area contributed by atoms with Crippen LogP contribution in [-0.2, 0) is 4.79 Å². The molecule has 98 valence electrons. The van der Waals surface area contributed by atoms with Gasteiger partial charge in [0.15, 0.2) is 0 Å². The van der Waals surface area contributed by atoms with Crippen LogP contribution in [-0.4, -0.2) is 35.0 Å². The molecule has 5 nitrogen and oxygen atoms in total. The molecule has 0 aliphatic rings. The van der Waals surface area contributed by atoms with Gasteiger partial charge in [-0.2, -0.15) is 0 Å². The minimum atomic E-state index is -1.01. The number of carboxylic acid groups (broad SMARTS) is 1. The van der Waals surface area contributed by atoms with Gasteiger partial charge in [0, 0.05) is 17.8 Å². The van der Waals surface area contributed by atoms with Crippen LogP contribution in [0.3, 0.4) is 0 Å². The van der Waals surface area contributed by atoms with Crippen LogP contribution >= 0.6 is 0 Å². The van der Waals surface area contributed by atoms with Crippen molar-refractivity contribution < 1.29 is 14.7 Å². The zero-order chi connectivity index (χ0) is 13.7. The molecule has 3 N–H and O–H groups in total. The number of nitrogen functional groups attached to an aromatic ring is 1. The molecular formula is C13H18N2O3. The lowest BCUT2D eigenvalue weighted by molar-refractivity contribution is -0.137. The van der Waals surface area contributed by atoms with E-state index in [9.17, 15) is 9.59 Å². The van der Waals surface area contributed by atoms with Gasteiger partial charge < -0.3 is 15.7 Å². The molecular weight excluding hydrogens is 232 g/mol. The first kappa shape index (κ1) is 14.0. The van der Waals surface area contributed by atoms with Crippen LogP contribution < -0.4 is 5.73 Å². The Kier molecular flexibility index (Phi) is 4.71. The van der Waals surface area contributed by atoms with Crippen molar-refractivity contribution in [3.63, 3.8) is 0 Å². The second kappa shape index (κ2) is 6.05. The summed E-state index contributed by atoms with van der Waals surface area (Å²) in [5.74, 6) is -1.29. The first-order valence-corrected chi connectivity index (χ1v) is 5.83. The van der Waals surface area contributed by atoms with Gasteiger partial charge in [0.05, 0.1) is 0 Å². The number of aryl methyl sites for hydroxylation is 1. The Morgan fingerprint density at radius 1 is 1.39 bits per heavy atom. The minimum Gasteiger partial charge on any atom is -0.480 e. The number of rotatable bonds is 5. The van der Waals surface area contributed by atoms with Crippen LogP contribution in [0.25, 0.3) is 0 Å². The average molecular weight is 250 g/mol. The summed E-state index contributed by atoms with van der Waals surface area (Å²) in [5, 5.41) is 8.79. The van der Waals surface area contributed by atoms with Crippen LogP contribution in [0, 0.1) is 6.92 Å². The van der Waals surface area contributed by atoms with Crippen molar-refractivity contribution in [2.24, 2.45) is 0 Å². The highest BCUT2D eigenvalue weighted by Crippen LogP contribution is 2.14. The van der Waals surface area contributed by atoms with E-state index in [4.69, 9.17) is 10.8 Å². The standard InChI is InChI=1S/C13H18N2O3/c1-3-6-15(8-12(16)17)13(18)10-4-5-11(14)9(2)7-10/h4-5,7H,3,6,8,14H2,1-2H3,(H,16,17). The normalized spacial score (nSPS) is 10.1. The summed E-state index contributed by atoms with van der Waals surface area (Å²) >= 11 is 0. The summed E-state index contributed by atoms with van der Waals surface area (Å²) < 4.78 is 0. The van der Waals surface area contributed by atoms with Crippen molar-refractivity contribution in [3.05, 3.63) is 29.3 Å². The Balaban J connectivity index is 2.93. The molecule has 0 fully saturated rings. The Morgan fingerprint density at radius 2 is 2.06 bits per heavy atom. The molecule has 0 aliphatic heterocycles. The van der Waals surface area contributed by atoms with E-state index in [0.717, 1.165) is 5.56 Å². The number of carbonyl (C=O) groups is 2. The monoisotopic (exact) mass is 250 g/mol. The number of carbonyl (C=O) groups excluding carboxylic acids is 1. The molecule has 0 spiro atoms. The number of hydrogen-bond acceptors (Lipinski definition) is 3. The molecule has 0 saturated heterocycles. The number of aliphatic carboxylic acids is 1. The lowest BCUT2D eigenvalue weighted by Crippen LogP contribution is -2.36. The van der Waals surface area contributed by atoms with Crippen molar-refractivity contribution in [1.82, 2.24) is 4.90 Å². The summed E-state index contributed by atoms with van der Waals surface area (Å²) in [4.78, 5) is 24.2. The fourth-order valence-corrected chi connectivity index (χ4v) is 1.68. The highest BCUT2D eigenvalue weighted by atomic mass is 16.4. The number of hydrogen-bond donors (Lipinski definition) is 2. The van der Waals surface area contributed by atoms with E-state index in [0.29, 0.717) is 24.2 Å². The van der Waals surface area contributed by atoms with E-state index in [1.165, 1.54) is 4.90 Å². The van der Waals surface area contributed by atoms with Crippen molar-refractivity contribution in [2.75, 3.05) is 18.8 Å². The van der Waals surface area contributed by atoms with E-state index in [1.807, 2.05) is 13.8 Å². The summed E-state index contributed by atoms with van der Waals surface area (Å²) in [6.07, 6.45) is 0.715. The number of nitrogens with zero attached hydrogens (tertiary/aromatic N) is 1. The molecule has 0 atom stereocenters. The summed E-state index contributed by atoms with van der Waals surface area (Å²) in [6.45, 7) is 3.86. The molecule has 1 amide bonds. The molecule has 0 aromatic heterocycles. The van der Waals surface area contributed by atoms with Gasteiger partial charge in [0.1, 0.15) is 6.54 Å². The van der Waals surface area contributed by atoms with Crippen molar-refractivity contribution in [3.8, 4) is 0 Å². The second-order valence-electron chi connectivity index (χ2n) is 4.19. The Morgan fingerprint density at radius 3 is 2.56 bits per heavy atom. The molecule has 0 heterocycles. The third kappa shape index (κ3) is 3.48. The van der Waals surface area contributed by atoms with Crippen molar-refractivity contribution >= 4 is 17.6 Å². The third-order valence-corrected chi connectivity index (χ3v) is 2.62. The molecule has 0 saturated carbocycles. The molecule has 1 rings (SSSR count). The van der Waals surface area contributed by atoms with Gasteiger partial charge >= 0.3 is 5.97 Å². The first-order chi connectivity index (χ1) is 8.45. The number of benzene rings is 1. The van der Waals surface area contributed by atoms with Crippen LogP contribution in [0.2, 0.25) is 0 Å². The minimum absolute atomic E-state index is 0.276. The number of carboxylic acids is 1. The molecule has 1 aromatic carbocycles. The van der Waals surface area contributed by atoms with Gasteiger partial charge in [0.2, 0.25) is 0 Å². The van der Waals surface area contributed by atoms with Gasteiger partial charge in [-0.15, -0.1) is 0 Å². The number of nitrogens with two attached hydrogens (primary N) is 1. The highest BCUT2D eigenvalue weighted by molar-refractivity contribution is 5.96. The van der Waals surface area contributed by atoms with Crippen LogP contribution in [0.4, 0.5) is 5.69 Å². The smallest absolute Gasteiger partial charge is 0.323 e. The van der Waals surface area contributed by atoms with Crippen molar-refractivity contribution in [2.45, 2.75) is 20.3 Å². The second-order valence-corrected chi connectivity index (χ2v) is 4.19. The largest absolute Gasteiger partial charge is 0.480 e. The van der Waals surface area contributed by atoms with Crippen LogP contribution in [0.15, 0.2) is 18.2 Å². The van der Waals surface area contributed by atoms with Gasteiger partial charge in [-0.3, -0.25) is 9.59 Å². The molecule has 0 unspecified atom stereocenters. The van der Waals surface area contributed by atoms with Crippen LogP contribution in [0.5, 0.6) is 0 Å². The Hall–Kier alpha value is -2.04. The molecule has 0 aliphatic carbocycles. The van der Waals surface area contributed by atoms with Crippen molar-refractivity contribution in [1.29, 1.82) is 0 Å². The van der Waals surface area contributed by atoms with E-state index in [-0.39, 0.29) is 12.5 Å². The van der Waals surface area contributed by atoms with E-state index in [2.05, 4.69) is 0 Å². The maximum atomic E-state index is 12.2. The maximum Gasteiger partial charge on any atom is 0.323 e. The summed E-state index contributed by atoms with van der Waals surface area (Å²) in [7, 11) is 0. The Labute approximate surface area is 106 Å². The average Bonchev–Trinajstić information content (AvgIpc) is 2.31. The highest BCUT2D eigenvalue weighted by Gasteiger charge is 2.17. The van der Waals surface area contributed by atoms with E-state index in [1.54, 1.807) is 18.2 Å². The first-order valence-electron chi connectivity index (χ1n) is 5.83. The zero-order valence-corrected chi connectivity index (χ0v) is 10.6. The zero-order valence-electron chi connectivity index (χ0n) is 10.6. The van der Waals surface area contributed by atoms with Gasteiger partial charge in [0.25, 0.3) is 5.91 Å². The topological polar surface area (TPSA) is 83.6 Å². The van der Waals surface area contributed by atoms with E-state index >= 15 is 0 Å². The van der Waals surface area contributed by atoms with E-state index < -0.39 is 5.97 Å². The third-order valence-electron chi connectivity index (χ3n) is 2.62. The lowest BCUT2D eigenvalue weighted by atomic mass is 10.1. The molecule has 1 aromatic rings. The van der Waals surface area contributed by atoms with Gasteiger partial charge in [-0.1, -0.05) is 6.92 Å². The predicted molar refractivity (Wildman–Crippen MR) is 69.4 cm³/mol. The fraction of sp³-hybridized carbons (Fsp3) is 0.385. The maximum absolute atomic E-state index is 12.2. The molecule has 0 radical (unpaired) electrons. The molecule has 5 heteroatoms. The number of amides is 1. The summed E-state index contributed by atoms with van der Waals surface area (Å²) in [5.41, 5.74) is 7.58. The SMILES string of the molecule is CCCN(CC(=O)O)C(=O)c1ccc(N)c(C)c1. The summed E-state index contributed by atoms with van der Waals surface area (Å²) in [6, 6.07) is 4.96. The molecule has 18 heavy (non-hydrogen) atoms. The lowest BCUT2D eigenvalue weighted by Gasteiger charge is -2.20. The van der Waals surface area contributed by atoms with Gasteiger partial charge in [-0.05, 0) is 37.1 Å². The fourth-order valence-electron chi connectivity index (χ4n) is 1.68. The van der Waals surface area contributed by atoms with Gasteiger partial charge in [-0.25, -0.2) is 0 Å². The number of anilines is 1. The predicted octanol–water partition coefficient (Wildman–Crippen LogP) is 1.51. The Bertz CT molecular complexity index is 458. The molecule has 0 bridgehead atoms. The quantitative estimate of drug-likeness (QED) is 0.776. The van der Waals surface area contributed by atoms with Crippen LogP contribution in [0.1, 0.15) is 29.3 Å².